The number of rotatable bonds is 8. The Bertz CT molecular complexity index is 828. The number of hydrogen-bond acceptors (Lipinski definition) is 5. The van der Waals surface area contributed by atoms with E-state index in [1.165, 1.54) is 0 Å². The van der Waals surface area contributed by atoms with Crippen LogP contribution in [0.5, 0.6) is 0 Å². The largest absolute Gasteiger partial charge is 0.394 e. The highest BCUT2D eigenvalue weighted by atomic mass is 79.9. The van der Waals surface area contributed by atoms with Crippen LogP contribution in [0.4, 0.5) is 0 Å². The summed E-state index contributed by atoms with van der Waals surface area (Å²) in [6.07, 6.45) is 1.45. The van der Waals surface area contributed by atoms with Crippen LogP contribution in [0, 0.1) is 23.2 Å². The number of amides is 3. The van der Waals surface area contributed by atoms with Crippen LogP contribution in [0.1, 0.15) is 67.7 Å². The molecule has 0 aromatic rings. The first-order valence-corrected chi connectivity index (χ1v) is 13.3. The molecule has 0 aromatic heterocycles. The third-order valence-corrected chi connectivity index (χ3v) is 8.65. The summed E-state index contributed by atoms with van der Waals surface area (Å²) >= 11 is 3.66. The molecule has 3 N–H and O–H groups in total. The normalized spacial score (nSPS) is 34.7. The molecule has 0 aliphatic carbocycles. The van der Waals surface area contributed by atoms with E-state index in [4.69, 9.17) is 4.74 Å². The fourth-order valence-electron chi connectivity index (χ4n) is 6.78. The first-order chi connectivity index (χ1) is 15.6. The van der Waals surface area contributed by atoms with Crippen molar-refractivity contribution >= 4 is 33.7 Å². The van der Waals surface area contributed by atoms with Gasteiger partial charge in [-0.3, -0.25) is 14.4 Å². The molecule has 3 aliphatic heterocycles. The molecular weight excluding hydrogens is 502 g/mol. The van der Waals surface area contributed by atoms with Gasteiger partial charge in [0.2, 0.25) is 17.7 Å². The van der Waals surface area contributed by atoms with Crippen LogP contribution < -0.4 is 10.6 Å². The predicted molar refractivity (Wildman–Crippen MR) is 133 cm³/mol. The molecule has 34 heavy (non-hydrogen) atoms. The second-order valence-electron chi connectivity index (χ2n) is 12.3. The lowest BCUT2D eigenvalue weighted by Crippen LogP contribution is -2.62. The van der Waals surface area contributed by atoms with E-state index < -0.39 is 41.2 Å². The van der Waals surface area contributed by atoms with Crippen LogP contribution in [0.2, 0.25) is 0 Å². The molecular formula is C25H42BrN3O5. The van der Waals surface area contributed by atoms with E-state index in [0.29, 0.717) is 6.42 Å². The quantitative estimate of drug-likeness (QED) is 0.407. The first kappa shape index (κ1) is 27.4. The maximum atomic E-state index is 14.0. The Morgan fingerprint density at radius 2 is 1.88 bits per heavy atom. The van der Waals surface area contributed by atoms with Crippen molar-refractivity contribution in [2.75, 3.05) is 13.7 Å². The Hall–Kier alpha value is -1.19. The number of alkyl halides is 1. The second-order valence-corrected chi connectivity index (χ2v) is 13.4. The van der Waals surface area contributed by atoms with Gasteiger partial charge in [-0.05, 0) is 38.0 Å². The zero-order valence-electron chi connectivity index (χ0n) is 21.8. The summed E-state index contributed by atoms with van der Waals surface area (Å²) in [6, 6.07) is -1.46. The van der Waals surface area contributed by atoms with Gasteiger partial charge in [0.25, 0.3) is 0 Å². The Labute approximate surface area is 212 Å². The van der Waals surface area contributed by atoms with Gasteiger partial charge >= 0.3 is 0 Å². The highest BCUT2D eigenvalue weighted by Crippen LogP contribution is 2.60. The minimum atomic E-state index is -1.12. The van der Waals surface area contributed by atoms with E-state index in [-0.39, 0.29) is 40.5 Å². The smallest absolute Gasteiger partial charge is 0.246 e. The van der Waals surface area contributed by atoms with Gasteiger partial charge in [-0.1, -0.05) is 57.0 Å². The Morgan fingerprint density at radius 3 is 2.38 bits per heavy atom. The van der Waals surface area contributed by atoms with Crippen molar-refractivity contribution in [2.24, 2.45) is 23.2 Å². The summed E-state index contributed by atoms with van der Waals surface area (Å²) in [4.78, 5) is 42.3. The average molecular weight is 545 g/mol. The number of nitrogens with zero attached hydrogens (tertiary/aromatic N) is 1. The molecule has 3 aliphatic rings. The van der Waals surface area contributed by atoms with Crippen LogP contribution in [-0.2, 0) is 19.1 Å². The lowest BCUT2D eigenvalue weighted by Gasteiger charge is -2.41. The molecule has 3 rings (SSSR count). The lowest BCUT2D eigenvalue weighted by atomic mass is 9.70. The maximum absolute atomic E-state index is 14.0. The third kappa shape index (κ3) is 4.52. The number of fused-ring (bicyclic) bond motifs is 1. The molecule has 0 aromatic carbocycles. The molecule has 3 amide bonds. The van der Waals surface area contributed by atoms with Gasteiger partial charge < -0.3 is 25.4 Å². The fourth-order valence-corrected chi connectivity index (χ4v) is 7.72. The van der Waals surface area contributed by atoms with Crippen molar-refractivity contribution in [1.29, 1.82) is 0 Å². The van der Waals surface area contributed by atoms with Crippen molar-refractivity contribution < 1.29 is 24.2 Å². The van der Waals surface area contributed by atoms with Gasteiger partial charge in [0.05, 0.1) is 30.6 Å². The number of ether oxygens (including phenoxy) is 1. The number of halogens is 1. The first-order valence-electron chi connectivity index (χ1n) is 12.4. The standard InChI is InChI=1S/C25H42BrN3O5/c1-9-13(2)15(11-30)29-19(21(32)28-24(6,7)12-23(3,4)5)25-10-14(26)18(34-25)16(20(31)27-8)17(25)22(29)33/h13-19,30H,9-12H2,1-8H3,(H,27,31)(H,28,32)/t13-,14?,15-,16-,17-,18-,19?,25?/m0/s1. The number of hydrogen-bond donors (Lipinski definition) is 3. The molecule has 8 nitrogen and oxygen atoms in total. The van der Waals surface area contributed by atoms with Gasteiger partial charge in [0.15, 0.2) is 0 Å². The molecule has 0 saturated carbocycles. The SMILES string of the molecule is CC[C@H](C)[C@H](CO)N1C(=O)[C@@H]2[C@H](C(=O)NC)[C@H]3OC2(CC3Br)C1C(=O)NC(C)(C)CC(C)(C)C. The van der Waals surface area contributed by atoms with E-state index in [9.17, 15) is 19.5 Å². The molecule has 3 saturated heterocycles. The molecule has 8 atom stereocenters. The number of carbonyl (C=O) groups excluding carboxylic acids is 3. The Morgan fingerprint density at radius 1 is 1.26 bits per heavy atom. The van der Waals surface area contributed by atoms with Gasteiger partial charge in [-0.15, -0.1) is 0 Å². The highest BCUT2D eigenvalue weighted by Gasteiger charge is 2.77. The zero-order chi connectivity index (χ0) is 25.8. The number of nitrogens with one attached hydrogen (secondary N) is 2. The van der Waals surface area contributed by atoms with Crippen LogP contribution in [0.15, 0.2) is 0 Å². The minimum Gasteiger partial charge on any atom is -0.394 e. The monoisotopic (exact) mass is 543 g/mol. The molecule has 9 heteroatoms. The molecule has 3 unspecified atom stereocenters. The third-order valence-electron chi connectivity index (χ3n) is 7.80. The summed E-state index contributed by atoms with van der Waals surface area (Å²) in [6.45, 7) is 14.0. The predicted octanol–water partition coefficient (Wildman–Crippen LogP) is 2.22. The Kier molecular flexibility index (Phi) is 7.54. The van der Waals surface area contributed by atoms with Crippen molar-refractivity contribution in [3.8, 4) is 0 Å². The molecule has 194 valence electrons. The van der Waals surface area contributed by atoms with Gasteiger partial charge in [0.1, 0.15) is 11.6 Å². The number of likely N-dealkylation sites (tertiary alicyclic amines) is 1. The van der Waals surface area contributed by atoms with E-state index in [2.05, 4.69) is 47.3 Å². The summed E-state index contributed by atoms with van der Waals surface area (Å²) < 4.78 is 6.48. The van der Waals surface area contributed by atoms with Crippen LogP contribution in [-0.4, -0.2) is 75.5 Å². The van der Waals surface area contributed by atoms with Crippen molar-refractivity contribution in [1.82, 2.24) is 15.5 Å². The minimum absolute atomic E-state index is 0.0132. The van der Waals surface area contributed by atoms with Crippen molar-refractivity contribution in [3.05, 3.63) is 0 Å². The van der Waals surface area contributed by atoms with Gasteiger partial charge in [-0.2, -0.15) is 0 Å². The molecule has 0 radical (unpaired) electrons. The van der Waals surface area contributed by atoms with Gasteiger partial charge in [0, 0.05) is 17.4 Å². The fraction of sp³-hybridized carbons (Fsp3) is 0.880. The zero-order valence-corrected chi connectivity index (χ0v) is 23.4. The lowest BCUT2D eigenvalue weighted by molar-refractivity contribution is -0.147. The van der Waals surface area contributed by atoms with E-state index >= 15 is 0 Å². The number of aliphatic hydroxyl groups excluding tert-OH is 1. The molecule has 1 spiro atoms. The van der Waals surface area contributed by atoms with Crippen LogP contribution in [0.3, 0.4) is 0 Å². The number of carbonyl (C=O) groups is 3. The highest BCUT2D eigenvalue weighted by molar-refractivity contribution is 9.09. The molecule has 3 heterocycles. The van der Waals surface area contributed by atoms with E-state index in [1.807, 2.05) is 27.7 Å². The summed E-state index contributed by atoms with van der Waals surface area (Å²) in [5.41, 5.74) is -1.65. The topological polar surface area (TPSA) is 108 Å². The van der Waals surface area contributed by atoms with Crippen LogP contribution >= 0.6 is 15.9 Å². The van der Waals surface area contributed by atoms with E-state index in [1.54, 1.807) is 11.9 Å². The van der Waals surface area contributed by atoms with Gasteiger partial charge in [-0.25, -0.2) is 0 Å². The second kappa shape index (κ2) is 9.36. The van der Waals surface area contributed by atoms with Crippen molar-refractivity contribution in [2.45, 2.75) is 102 Å². The maximum Gasteiger partial charge on any atom is 0.246 e. The summed E-state index contributed by atoms with van der Waals surface area (Å²) in [7, 11) is 1.55. The average Bonchev–Trinajstić information content (AvgIpc) is 3.29. The molecule has 3 fully saturated rings. The number of aliphatic hydroxyl groups is 1. The van der Waals surface area contributed by atoms with E-state index in [0.717, 1.165) is 12.8 Å². The summed E-state index contributed by atoms with van der Waals surface area (Å²) in [5, 5.41) is 16.2. The van der Waals surface area contributed by atoms with Crippen LogP contribution in [0.25, 0.3) is 0 Å². The summed E-state index contributed by atoms with van der Waals surface area (Å²) in [5.74, 6) is -2.29. The molecule has 2 bridgehead atoms. The van der Waals surface area contributed by atoms with Crippen molar-refractivity contribution in [3.63, 3.8) is 0 Å². The Balaban J connectivity index is 2.08.